The van der Waals surface area contributed by atoms with Crippen LogP contribution in [0.15, 0.2) is 36.4 Å². The number of likely N-dealkylation sites (N-methyl/N-ethyl adjacent to an activating group) is 1. The summed E-state index contributed by atoms with van der Waals surface area (Å²) in [6, 6.07) is 11.6. The summed E-state index contributed by atoms with van der Waals surface area (Å²) in [6.07, 6.45) is 0. The van der Waals surface area contributed by atoms with Gasteiger partial charge in [-0.2, -0.15) is 5.10 Å². The highest BCUT2D eigenvalue weighted by Gasteiger charge is 2.17. The van der Waals surface area contributed by atoms with Gasteiger partial charge in [0.2, 0.25) is 5.91 Å². The highest BCUT2D eigenvalue weighted by molar-refractivity contribution is 7.20. The zero-order chi connectivity index (χ0) is 16.4. The van der Waals surface area contributed by atoms with Crippen molar-refractivity contribution in [3.63, 3.8) is 0 Å². The molecule has 0 aliphatic rings. The van der Waals surface area contributed by atoms with Crippen LogP contribution in [0.3, 0.4) is 0 Å². The average Bonchev–Trinajstić information content (AvgIpc) is 3.14. The summed E-state index contributed by atoms with van der Waals surface area (Å²) >= 11 is 1.36. The van der Waals surface area contributed by atoms with E-state index >= 15 is 0 Å². The Hall–Kier alpha value is -2.67. The first-order valence-electron chi connectivity index (χ1n) is 7.13. The number of thiophene rings is 1. The van der Waals surface area contributed by atoms with Crippen molar-refractivity contribution < 1.29 is 9.59 Å². The molecule has 0 saturated heterocycles. The van der Waals surface area contributed by atoms with E-state index in [1.165, 1.54) is 18.4 Å². The molecule has 0 aliphatic heterocycles. The van der Waals surface area contributed by atoms with E-state index in [1.54, 1.807) is 0 Å². The molecule has 118 valence electrons. The second kappa shape index (κ2) is 6.21. The maximum atomic E-state index is 12.2. The van der Waals surface area contributed by atoms with Gasteiger partial charge in [-0.25, -0.2) is 4.68 Å². The van der Waals surface area contributed by atoms with Crippen molar-refractivity contribution in [1.82, 2.24) is 20.4 Å². The number of para-hydroxylation sites is 1. The second-order valence-corrected chi connectivity index (χ2v) is 6.05. The summed E-state index contributed by atoms with van der Waals surface area (Å²) in [5.74, 6) is -0.486. The smallest absolute Gasteiger partial charge is 0.261 e. The van der Waals surface area contributed by atoms with Crippen LogP contribution in [0, 0.1) is 6.92 Å². The first kappa shape index (κ1) is 15.2. The van der Waals surface area contributed by atoms with Gasteiger partial charge in [-0.3, -0.25) is 9.59 Å². The number of aryl methyl sites for hydroxylation is 1. The molecule has 2 aromatic heterocycles. The molecule has 0 saturated carbocycles. The quantitative estimate of drug-likeness (QED) is 0.768. The Morgan fingerprint density at radius 2 is 2.00 bits per heavy atom. The van der Waals surface area contributed by atoms with Crippen LogP contribution < -0.4 is 10.6 Å². The molecule has 23 heavy (non-hydrogen) atoms. The van der Waals surface area contributed by atoms with E-state index in [9.17, 15) is 9.59 Å². The Bertz CT molecular complexity index is 867. The van der Waals surface area contributed by atoms with Gasteiger partial charge in [-0.15, -0.1) is 11.3 Å². The van der Waals surface area contributed by atoms with Crippen LogP contribution in [0.25, 0.3) is 15.9 Å². The molecule has 2 amide bonds. The minimum absolute atomic E-state index is 0.0344. The van der Waals surface area contributed by atoms with Crippen LogP contribution >= 0.6 is 11.3 Å². The van der Waals surface area contributed by atoms with Crippen LogP contribution in [0.5, 0.6) is 0 Å². The van der Waals surface area contributed by atoms with E-state index < -0.39 is 0 Å². The minimum Gasteiger partial charge on any atom is -0.358 e. The van der Waals surface area contributed by atoms with Crippen LogP contribution in [-0.2, 0) is 4.79 Å². The summed E-state index contributed by atoms with van der Waals surface area (Å²) in [4.78, 5) is 24.9. The summed E-state index contributed by atoms with van der Waals surface area (Å²) < 4.78 is 1.84. The number of hydrogen-bond donors (Lipinski definition) is 2. The number of fused-ring (bicyclic) bond motifs is 1. The fraction of sp³-hybridized carbons (Fsp3) is 0.188. The normalized spacial score (nSPS) is 10.7. The van der Waals surface area contributed by atoms with Gasteiger partial charge in [0.05, 0.1) is 22.8 Å². The molecule has 3 rings (SSSR count). The van der Waals surface area contributed by atoms with Crippen molar-refractivity contribution in [3.05, 3.63) is 47.0 Å². The molecule has 0 atom stereocenters. The highest BCUT2D eigenvalue weighted by atomic mass is 32.1. The average molecular weight is 328 g/mol. The Labute approximate surface area is 137 Å². The van der Waals surface area contributed by atoms with Gasteiger partial charge >= 0.3 is 0 Å². The van der Waals surface area contributed by atoms with Crippen LogP contribution in [0.1, 0.15) is 15.4 Å². The lowest BCUT2D eigenvalue weighted by atomic mass is 10.3. The number of nitrogens with one attached hydrogen (secondary N) is 2. The Balaban J connectivity index is 1.93. The number of nitrogens with zero attached hydrogens (tertiary/aromatic N) is 2. The van der Waals surface area contributed by atoms with E-state index in [-0.39, 0.29) is 18.4 Å². The number of rotatable bonds is 4. The first-order chi connectivity index (χ1) is 11.1. The van der Waals surface area contributed by atoms with Gasteiger partial charge in [-0.05, 0) is 25.1 Å². The third-order valence-corrected chi connectivity index (χ3v) is 4.57. The Morgan fingerprint density at radius 3 is 2.70 bits per heavy atom. The van der Waals surface area contributed by atoms with Gasteiger partial charge in [-0.1, -0.05) is 18.2 Å². The summed E-state index contributed by atoms with van der Waals surface area (Å²) in [5, 5.41) is 10.6. The second-order valence-electron chi connectivity index (χ2n) is 5.02. The van der Waals surface area contributed by atoms with Crippen molar-refractivity contribution in [2.24, 2.45) is 0 Å². The van der Waals surface area contributed by atoms with E-state index in [0.29, 0.717) is 4.88 Å². The molecular weight excluding hydrogens is 312 g/mol. The molecule has 2 heterocycles. The first-order valence-corrected chi connectivity index (χ1v) is 7.95. The number of carbonyl (C=O) groups is 2. The number of hydrogen-bond acceptors (Lipinski definition) is 4. The van der Waals surface area contributed by atoms with E-state index in [4.69, 9.17) is 0 Å². The fourth-order valence-corrected chi connectivity index (χ4v) is 3.34. The number of aromatic nitrogens is 2. The Morgan fingerprint density at radius 1 is 1.26 bits per heavy atom. The van der Waals surface area contributed by atoms with E-state index in [1.807, 2.05) is 48.0 Å². The summed E-state index contributed by atoms with van der Waals surface area (Å²) in [6.45, 7) is 1.88. The predicted molar refractivity (Wildman–Crippen MR) is 90.1 cm³/mol. The molecule has 0 fully saturated rings. The maximum Gasteiger partial charge on any atom is 0.261 e. The molecular formula is C16H16N4O2S. The standard InChI is InChI=1S/C16H16N4O2S/c1-10-12-8-13(15(22)18-9-14(21)17-2)23-16(12)20(19-10)11-6-4-3-5-7-11/h3-8H,9H2,1-2H3,(H,17,21)(H,18,22). The molecule has 2 N–H and O–H groups in total. The predicted octanol–water partition coefficient (Wildman–Crippen LogP) is 1.87. The van der Waals surface area contributed by atoms with Gasteiger partial charge in [0.25, 0.3) is 5.91 Å². The molecule has 6 nitrogen and oxygen atoms in total. The fourth-order valence-electron chi connectivity index (χ4n) is 2.24. The molecule has 3 aromatic rings. The van der Waals surface area contributed by atoms with Crippen LogP contribution in [-0.4, -0.2) is 35.2 Å². The van der Waals surface area contributed by atoms with Gasteiger partial charge in [0, 0.05) is 12.4 Å². The number of carbonyl (C=O) groups excluding carboxylic acids is 2. The monoisotopic (exact) mass is 328 g/mol. The largest absolute Gasteiger partial charge is 0.358 e. The summed E-state index contributed by atoms with van der Waals surface area (Å²) in [5.41, 5.74) is 1.82. The van der Waals surface area contributed by atoms with Crippen molar-refractivity contribution in [2.75, 3.05) is 13.6 Å². The lowest BCUT2D eigenvalue weighted by Crippen LogP contribution is -2.34. The Kier molecular flexibility index (Phi) is 4.12. The van der Waals surface area contributed by atoms with Gasteiger partial charge < -0.3 is 10.6 Å². The molecule has 7 heteroatoms. The van der Waals surface area contributed by atoms with Crippen LogP contribution in [0.4, 0.5) is 0 Å². The molecule has 0 aliphatic carbocycles. The van der Waals surface area contributed by atoms with Gasteiger partial charge in [0.1, 0.15) is 4.83 Å². The number of benzene rings is 1. The minimum atomic E-state index is -0.256. The lowest BCUT2D eigenvalue weighted by molar-refractivity contribution is -0.119. The van der Waals surface area contributed by atoms with Crippen molar-refractivity contribution in [2.45, 2.75) is 6.92 Å². The molecule has 0 unspecified atom stereocenters. The van der Waals surface area contributed by atoms with Crippen molar-refractivity contribution in [3.8, 4) is 5.69 Å². The zero-order valence-corrected chi connectivity index (χ0v) is 13.6. The lowest BCUT2D eigenvalue weighted by Gasteiger charge is -2.02. The number of amides is 2. The molecule has 1 aromatic carbocycles. The molecule has 0 spiro atoms. The third-order valence-electron chi connectivity index (χ3n) is 3.46. The van der Waals surface area contributed by atoms with Crippen LogP contribution in [0.2, 0.25) is 0 Å². The summed E-state index contributed by atoms with van der Waals surface area (Å²) in [7, 11) is 1.53. The van der Waals surface area contributed by atoms with Gasteiger partial charge in [0.15, 0.2) is 0 Å². The topological polar surface area (TPSA) is 76.0 Å². The van der Waals surface area contributed by atoms with Crippen molar-refractivity contribution >= 4 is 33.4 Å². The zero-order valence-electron chi connectivity index (χ0n) is 12.8. The SMILES string of the molecule is CNC(=O)CNC(=O)c1cc2c(C)nn(-c3ccccc3)c2s1. The molecule has 0 bridgehead atoms. The molecule has 0 radical (unpaired) electrons. The van der Waals surface area contributed by atoms with E-state index in [2.05, 4.69) is 15.7 Å². The van der Waals surface area contributed by atoms with Crippen molar-refractivity contribution in [1.29, 1.82) is 0 Å². The van der Waals surface area contributed by atoms with E-state index in [0.717, 1.165) is 21.6 Å². The highest BCUT2D eigenvalue weighted by Crippen LogP contribution is 2.30. The maximum absolute atomic E-state index is 12.2. The third kappa shape index (κ3) is 2.95.